The smallest absolute Gasteiger partial charge is 0.253 e. The maximum absolute atomic E-state index is 12.5. The van der Waals surface area contributed by atoms with E-state index in [1.54, 1.807) is 18.3 Å². The first-order valence-corrected chi connectivity index (χ1v) is 8.29. The van der Waals surface area contributed by atoms with E-state index in [1.165, 1.54) is 0 Å². The van der Waals surface area contributed by atoms with Gasteiger partial charge in [0, 0.05) is 31.5 Å². The van der Waals surface area contributed by atoms with Crippen molar-refractivity contribution in [1.82, 2.24) is 9.88 Å². The van der Waals surface area contributed by atoms with Crippen molar-refractivity contribution in [2.75, 3.05) is 19.7 Å². The summed E-state index contributed by atoms with van der Waals surface area (Å²) in [4.78, 5) is 18.6. The van der Waals surface area contributed by atoms with Crippen LogP contribution in [0.3, 0.4) is 0 Å². The molecule has 1 aliphatic heterocycles. The minimum atomic E-state index is 0.0441. The largest absolute Gasteiger partial charge is 0.487 e. The molecule has 1 aliphatic rings. The number of aromatic nitrogens is 1. The van der Waals surface area contributed by atoms with Crippen molar-refractivity contribution in [3.05, 3.63) is 59.9 Å². The van der Waals surface area contributed by atoms with Crippen LogP contribution in [0.2, 0.25) is 0 Å². The third kappa shape index (κ3) is 4.11. The topological polar surface area (TPSA) is 62.7 Å². The Morgan fingerprint density at radius 1 is 1.17 bits per heavy atom. The van der Waals surface area contributed by atoms with Gasteiger partial charge in [-0.1, -0.05) is 6.07 Å². The van der Waals surface area contributed by atoms with E-state index in [0.717, 1.165) is 24.3 Å². The number of hydrogen-bond donors (Lipinski definition) is 1. The normalized spacial score (nSPS) is 15.3. The lowest BCUT2D eigenvalue weighted by Crippen LogP contribution is -2.39. The number of piperidine rings is 1. The molecule has 5 heteroatoms. The summed E-state index contributed by atoms with van der Waals surface area (Å²) in [6.07, 6.45) is 3.47. The van der Waals surface area contributed by atoms with Crippen molar-refractivity contribution < 1.29 is 14.6 Å². The van der Waals surface area contributed by atoms with E-state index in [4.69, 9.17) is 4.74 Å². The molecule has 0 saturated carbocycles. The van der Waals surface area contributed by atoms with Crippen molar-refractivity contribution in [3.8, 4) is 5.75 Å². The average Bonchev–Trinajstić information content (AvgIpc) is 2.67. The lowest BCUT2D eigenvalue weighted by molar-refractivity contribution is 0.0651. The van der Waals surface area contributed by atoms with Crippen LogP contribution < -0.4 is 4.74 Å². The fourth-order valence-electron chi connectivity index (χ4n) is 2.84. The second-order valence-electron chi connectivity index (χ2n) is 6.05. The van der Waals surface area contributed by atoms with Gasteiger partial charge in [-0.2, -0.15) is 0 Å². The predicted molar refractivity (Wildman–Crippen MR) is 90.7 cm³/mol. The second kappa shape index (κ2) is 7.93. The third-order valence-corrected chi connectivity index (χ3v) is 4.37. The van der Waals surface area contributed by atoms with Gasteiger partial charge >= 0.3 is 0 Å². The Morgan fingerprint density at radius 3 is 2.54 bits per heavy atom. The fourth-order valence-corrected chi connectivity index (χ4v) is 2.84. The highest BCUT2D eigenvalue weighted by molar-refractivity contribution is 5.94. The Labute approximate surface area is 141 Å². The molecule has 0 unspecified atom stereocenters. The number of carbonyl (C=O) groups excluding carboxylic acids is 1. The number of carbonyl (C=O) groups is 1. The zero-order valence-electron chi connectivity index (χ0n) is 13.6. The molecule has 0 atom stereocenters. The summed E-state index contributed by atoms with van der Waals surface area (Å²) < 4.78 is 5.69. The number of pyridine rings is 1. The minimum absolute atomic E-state index is 0.0441. The molecule has 126 valence electrons. The zero-order valence-corrected chi connectivity index (χ0v) is 13.6. The zero-order chi connectivity index (χ0) is 16.8. The summed E-state index contributed by atoms with van der Waals surface area (Å²) in [7, 11) is 0. The summed E-state index contributed by atoms with van der Waals surface area (Å²) in [5, 5.41) is 9.17. The third-order valence-electron chi connectivity index (χ3n) is 4.37. The van der Waals surface area contributed by atoms with Crippen molar-refractivity contribution in [3.63, 3.8) is 0 Å². The van der Waals surface area contributed by atoms with E-state index in [2.05, 4.69) is 4.98 Å². The molecule has 1 amide bonds. The number of ether oxygens (including phenoxy) is 1. The number of amides is 1. The molecule has 0 radical (unpaired) electrons. The van der Waals surface area contributed by atoms with Crippen molar-refractivity contribution in [1.29, 1.82) is 0 Å². The summed E-state index contributed by atoms with van der Waals surface area (Å²) in [5.41, 5.74) is 1.53. The van der Waals surface area contributed by atoms with Crippen LogP contribution in [0.15, 0.2) is 48.7 Å². The van der Waals surface area contributed by atoms with E-state index in [1.807, 2.05) is 35.2 Å². The molecule has 5 nitrogen and oxygen atoms in total. The lowest BCUT2D eigenvalue weighted by Gasteiger charge is -2.31. The van der Waals surface area contributed by atoms with Crippen LogP contribution >= 0.6 is 0 Å². The van der Waals surface area contributed by atoms with Gasteiger partial charge < -0.3 is 14.7 Å². The van der Waals surface area contributed by atoms with Crippen LogP contribution in [0.5, 0.6) is 5.75 Å². The number of rotatable bonds is 5. The maximum Gasteiger partial charge on any atom is 0.253 e. The van der Waals surface area contributed by atoms with E-state index < -0.39 is 0 Å². The molecule has 1 fully saturated rings. The molecule has 1 aromatic carbocycles. The highest BCUT2D eigenvalue weighted by Gasteiger charge is 2.23. The van der Waals surface area contributed by atoms with Gasteiger partial charge in [0.15, 0.2) is 0 Å². The summed E-state index contributed by atoms with van der Waals surface area (Å²) in [6, 6.07) is 12.9. The first-order valence-electron chi connectivity index (χ1n) is 8.29. The number of nitrogens with zero attached hydrogens (tertiary/aromatic N) is 2. The first kappa shape index (κ1) is 16.5. The van der Waals surface area contributed by atoms with Gasteiger partial charge in [-0.25, -0.2) is 0 Å². The maximum atomic E-state index is 12.5. The highest BCUT2D eigenvalue weighted by atomic mass is 16.5. The molecule has 0 aliphatic carbocycles. The molecule has 2 heterocycles. The number of benzene rings is 1. The van der Waals surface area contributed by atoms with Gasteiger partial charge in [0.05, 0.1) is 5.69 Å². The number of aliphatic hydroxyl groups excluding tert-OH is 1. The van der Waals surface area contributed by atoms with Gasteiger partial charge in [-0.15, -0.1) is 0 Å². The molecule has 1 N–H and O–H groups in total. The Morgan fingerprint density at radius 2 is 1.92 bits per heavy atom. The second-order valence-corrected chi connectivity index (χ2v) is 6.05. The van der Waals surface area contributed by atoms with Crippen LogP contribution in [0.1, 0.15) is 28.9 Å². The van der Waals surface area contributed by atoms with E-state index in [0.29, 0.717) is 31.2 Å². The fraction of sp³-hybridized carbons (Fsp3) is 0.368. The molecule has 2 aromatic rings. The summed E-state index contributed by atoms with van der Waals surface area (Å²) in [6.45, 7) is 2.04. The van der Waals surface area contributed by atoms with Crippen molar-refractivity contribution in [2.24, 2.45) is 5.92 Å². The molecule has 3 rings (SSSR count). The molecule has 1 aromatic heterocycles. The number of likely N-dealkylation sites (tertiary alicyclic amines) is 1. The average molecular weight is 326 g/mol. The van der Waals surface area contributed by atoms with Crippen LogP contribution in [0.4, 0.5) is 0 Å². The van der Waals surface area contributed by atoms with Crippen LogP contribution in [-0.2, 0) is 6.61 Å². The van der Waals surface area contributed by atoms with Crippen LogP contribution in [0.25, 0.3) is 0 Å². The van der Waals surface area contributed by atoms with Gasteiger partial charge in [-0.3, -0.25) is 9.78 Å². The highest BCUT2D eigenvalue weighted by Crippen LogP contribution is 2.20. The molecule has 0 spiro atoms. The Balaban J connectivity index is 1.55. The predicted octanol–water partition coefficient (Wildman–Crippen LogP) is 2.51. The van der Waals surface area contributed by atoms with Crippen LogP contribution in [-0.4, -0.2) is 40.6 Å². The van der Waals surface area contributed by atoms with Gasteiger partial charge in [0.2, 0.25) is 0 Å². The molecule has 24 heavy (non-hydrogen) atoms. The Bertz CT molecular complexity index is 650. The SMILES string of the molecule is O=C(c1ccc(OCc2ccccn2)cc1)N1CCC(CO)CC1. The van der Waals surface area contributed by atoms with E-state index >= 15 is 0 Å². The monoisotopic (exact) mass is 326 g/mol. The number of aliphatic hydroxyl groups is 1. The van der Waals surface area contributed by atoms with E-state index in [9.17, 15) is 9.90 Å². The van der Waals surface area contributed by atoms with Gasteiger partial charge in [0.1, 0.15) is 12.4 Å². The Hall–Kier alpha value is -2.40. The quantitative estimate of drug-likeness (QED) is 0.917. The Kier molecular flexibility index (Phi) is 5.43. The molecule has 0 bridgehead atoms. The van der Waals surface area contributed by atoms with Crippen LogP contribution in [0, 0.1) is 5.92 Å². The molecule has 1 saturated heterocycles. The number of hydrogen-bond acceptors (Lipinski definition) is 4. The summed E-state index contributed by atoms with van der Waals surface area (Å²) in [5.74, 6) is 1.09. The lowest BCUT2D eigenvalue weighted by atomic mass is 9.97. The minimum Gasteiger partial charge on any atom is -0.487 e. The standard InChI is InChI=1S/C19H22N2O3/c22-13-15-8-11-21(12-9-15)19(23)16-4-6-18(7-5-16)24-14-17-3-1-2-10-20-17/h1-7,10,15,22H,8-9,11-14H2. The van der Waals surface area contributed by atoms with Crippen molar-refractivity contribution >= 4 is 5.91 Å². The van der Waals surface area contributed by atoms with Gasteiger partial charge in [0.25, 0.3) is 5.91 Å². The van der Waals surface area contributed by atoms with Gasteiger partial charge in [-0.05, 0) is 55.2 Å². The van der Waals surface area contributed by atoms with E-state index in [-0.39, 0.29) is 12.5 Å². The first-order chi connectivity index (χ1) is 11.8. The van der Waals surface area contributed by atoms with Crippen molar-refractivity contribution in [2.45, 2.75) is 19.4 Å². The molecular weight excluding hydrogens is 304 g/mol. The summed E-state index contributed by atoms with van der Waals surface area (Å²) >= 11 is 0. The molecular formula is C19H22N2O3.